The van der Waals surface area contributed by atoms with Crippen LogP contribution in [0.25, 0.3) is 22.9 Å². The molecule has 160 valence electrons. The molecule has 0 radical (unpaired) electrons. The first-order valence-electron chi connectivity index (χ1n) is 12.2. The highest BCUT2D eigenvalue weighted by Gasteiger charge is 2.49. The first kappa shape index (κ1) is 18.5. The molecule has 0 aliphatic heterocycles. The smallest absolute Gasteiger partial charge is 0.198 e. The molecule has 0 atom stereocenters. The van der Waals surface area contributed by atoms with Gasteiger partial charge >= 0.3 is 0 Å². The van der Waals surface area contributed by atoms with E-state index in [1.807, 2.05) is 0 Å². The molecule has 0 unspecified atom stereocenters. The third-order valence-electron chi connectivity index (χ3n) is 8.57. The number of anilines is 1. The predicted molar refractivity (Wildman–Crippen MR) is 134 cm³/mol. The Morgan fingerprint density at radius 1 is 0.812 bits per heavy atom. The minimum absolute atomic E-state index is 0.467. The van der Waals surface area contributed by atoms with Gasteiger partial charge in [-0.25, -0.2) is 4.99 Å². The molecular weight excluding hydrogens is 390 g/mol. The van der Waals surface area contributed by atoms with Crippen molar-refractivity contribution in [3.63, 3.8) is 0 Å². The van der Waals surface area contributed by atoms with Gasteiger partial charge in [0.1, 0.15) is 0 Å². The molecule has 4 fully saturated rings. The summed E-state index contributed by atoms with van der Waals surface area (Å²) in [4.78, 5) is 4.92. The van der Waals surface area contributed by atoms with E-state index in [0.717, 1.165) is 35.0 Å². The van der Waals surface area contributed by atoms with Gasteiger partial charge < -0.3 is 11.1 Å². The third-order valence-corrected chi connectivity index (χ3v) is 8.57. The fourth-order valence-electron chi connectivity index (χ4n) is 7.63. The number of nitrogens with two attached hydrogens (primary N) is 1. The number of benzene rings is 3. The maximum Gasteiger partial charge on any atom is 0.198 e. The van der Waals surface area contributed by atoms with Gasteiger partial charge in [0.2, 0.25) is 0 Å². The summed E-state index contributed by atoms with van der Waals surface area (Å²) in [5.41, 5.74) is 12.4. The number of rotatable bonds is 3. The van der Waals surface area contributed by atoms with E-state index in [2.05, 4.69) is 72.1 Å². The van der Waals surface area contributed by atoms with Crippen LogP contribution in [0, 0.1) is 23.7 Å². The Balaban J connectivity index is 1.22. The average molecular weight is 420 g/mol. The van der Waals surface area contributed by atoms with Gasteiger partial charge in [0.25, 0.3) is 0 Å². The molecule has 3 aromatic rings. The van der Waals surface area contributed by atoms with E-state index < -0.39 is 0 Å². The molecule has 3 N–H and O–H groups in total. The number of aliphatic imine (C=N–C) groups is 1. The molecule has 4 bridgehead atoms. The van der Waals surface area contributed by atoms with Gasteiger partial charge in [-0.15, -0.1) is 0 Å². The Bertz CT molecular complexity index is 1260. The third kappa shape index (κ3) is 2.83. The van der Waals surface area contributed by atoms with E-state index in [4.69, 9.17) is 10.7 Å². The number of guanidine groups is 1. The van der Waals surface area contributed by atoms with Gasteiger partial charge in [-0.2, -0.15) is 0 Å². The lowest BCUT2D eigenvalue weighted by Crippen LogP contribution is -2.43. The highest BCUT2D eigenvalue weighted by Crippen LogP contribution is 2.60. The second-order valence-electron chi connectivity index (χ2n) is 10.4. The standard InChI is InChI=1S/C29H29N3/c30-29(32-26-11-9-20-5-3-4-19-8-10-24(26)27(19)20)31-25-7-2-1-6-23(25)28-21-13-17-12-18(15-21)16-22(28)14-17/h1-11,17-18,21-22,28H,12-16H2,(H3,30,31,32). The topological polar surface area (TPSA) is 50.4 Å². The lowest BCUT2D eigenvalue weighted by molar-refractivity contribution is -0.00259. The summed E-state index contributed by atoms with van der Waals surface area (Å²) in [6.07, 6.45) is 11.5. The molecule has 0 heterocycles. The summed E-state index contributed by atoms with van der Waals surface area (Å²) in [6.45, 7) is 0. The van der Waals surface area contributed by atoms with Crippen molar-refractivity contribution in [2.24, 2.45) is 34.4 Å². The summed E-state index contributed by atoms with van der Waals surface area (Å²) in [7, 11) is 0. The zero-order chi connectivity index (χ0) is 21.2. The van der Waals surface area contributed by atoms with Crippen molar-refractivity contribution in [3.05, 3.63) is 71.3 Å². The van der Waals surface area contributed by atoms with E-state index in [1.165, 1.54) is 59.6 Å². The second-order valence-corrected chi connectivity index (χ2v) is 10.4. The number of hydrogen-bond donors (Lipinski definition) is 2. The average Bonchev–Trinajstić information content (AvgIpc) is 3.22. The predicted octanol–water partition coefficient (Wildman–Crippen LogP) is 6.92. The Kier molecular flexibility index (Phi) is 4.03. The Labute approximate surface area is 189 Å². The van der Waals surface area contributed by atoms with Crippen molar-refractivity contribution in [1.29, 1.82) is 0 Å². The molecular formula is C29H29N3. The SMILES string of the molecule is NC(=Nc1ccccc1C1C2CC3CC(C2)CC1C3)Nc1ccc2cccc3c2c1C=C3. The second kappa shape index (κ2) is 6.96. The van der Waals surface area contributed by atoms with Crippen molar-refractivity contribution in [2.45, 2.75) is 38.0 Å². The molecule has 0 aromatic heterocycles. The van der Waals surface area contributed by atoms with Gasteiger partial charge in [0.05, 0.1) is 5.69 Å². The first-order chi connectivity index (χ1) is 15.7. The highest BCUT2D eigenvalue weighted by atomic mass is 15.1. The molecule has 3 nitrogen and oxygen atoms in total. The van der Waals surface area contributed by atoms with Gasteiger partial charge in [-0.1, -0.05) is 54.6 Å². The highest BCUT2D eigenvalue weighted by molar-refractivity contribution is 6.10. The molecule has 3 aromatic carbocycles. The van der Waals surface area contributed by atoms with E-state index >= 15 is 0 Å². The first-order valence-corrected chi connectivity index (χ1v) is 12.2. The molecule has 3 heteroatoms. The van der Waals surface area contributed by atoms with Crippen LogP contribution < -0.4 is 11.1 Å². The van der Waals surface area contributed by atoms with E-state index in [0.29, 0.717) is 11.9 Å². The van der Waals surface area contributed by atoms with Crippen LogP contribution in [0.4, 0.5) is 11.4 Å². The van der Waals surface area contributed by atoms with Gasteiger partial charge in [-0.3, -0.25) is 0 Å². The van der Waals surface area contributed by atoms with Gasteiger partial charge in [0, 0.05) is 11.3 Å². The van der Waals surface area contributed by atoms with E-state index in [-0.39, 0.29) is 0 Å². The monoisotopic (exact) mass is 419 g/mol. The van der Waals surface area contributed by atoms with Crippen molar-refractivity contribution in [1.82, 2.24) is 0 Å². The van der Waals surface area contributed by atoms with Crippen molar-refractivity contribution in [3.8, 4) is 0 Å². The van der Waals surface area contributed by atoms with Crippen molar-refractivity contribution in [2.75, 3.05) is 5.32 Å². The molecule has 0 spiro atoms. The van der Waals surface area contributed by atoms with Crippen LogP contribution in [0.1, 0.15) is 54.7 Å². The number of nitrogens with one attached hydrogen (secondary N) is 1. The lowest BCUT2D eigenvalue weighted by Gasteiger charge is -2.54. The van der Waals surface area contributed by atoms with Gasteiger partial charge in [-0.05, 0) is 95.7 Å². The summed E-state index contributed by atoms with van der Waals surface area (Å²) in [5, 5.41) is 5.96. The summed E-state index contributed by atoms with van der Waals surface area (Å²) < 4.78 is 0. The maximum atomic E-state index is 6.48. The van der Waals surface area contributed by atoms with Crippen LogP contribution >= 0.6 is 0 Å². The number of nitrogens with zero attached hydrogens (tertiary/aromatic N) is 1. The molecule has 0 saturated heterocycles. The van der Waals surface area contributed by atoms with E-state index in [9.17, 15) is 0 Å². The van der Waals surface area contributed by atoms with Crippen LogP contribution in [-0.2, 0) is 0 Å². The zero-order valence-corrected chi connectivity index (χ0v) is 18.3. The van der Waals surface area contributed by atoms with Crippen molar-refractivity contribution >= 4 is 40.3 Å². The number of para-hydroxylation sites is 1. The molecule has 4 saturated carbocycles. The zero-order valence-electron chi connectivity index (χ0n) is 18.3. The summed E-state index contributed by atoms with van der Waals surface area (Å²) in [5.74, 6) is 4.75. The summed E-state index contributed by atoms with van der Waals surface area (Å²) >= 11 is 0. The minimum Gasteiger partial charge on any atom is -0.369 e. The largest absolute Gasteiger partial charge is 0.369 e. The van der Waals surface area contributed by atoms with Crippen LogP contribution in [0.3, 0.4) is 0 Å². The van der Waals surface area contributed by atoms with Crippen molar-refractivity contribution < 1.29 is 0 Å². The molecule has 8 rings (SSSR count). The quantitative estimate of drug-likeness (QED) is 0.280. The number of hydrogen-bond acceptors (Lipinski definition) is 1. The fourth-order valence-corrected chi connectivity index (χ4v) is 7.63. The minimum atomic E-state index is 0.467. The molecule has 0 amide bonds. The molecule has 5 aliphatic carbocycles. The Hall–Kier alpha value is -3.07. The van der Waals surface area contributed by atoms with Crippen LogP contribution in [0.5, 0.6) is 0 Å². The lowest BCUT2D eigenvalue weighted by atomic mass is 9.50. The van der Waals surface area contributed by atoms with Crippen LogP contribution in [0.15, 0.2) is 59.6 Å². The molecule has 5 aliphatic rings. The summed E-state index contributed by atoms with van der Waals surface area (Å²) in [6, 6.07) is 19.4. The Morgan fingerprint density at radius 3 is 2.41 bits per heavy atom. The van der Waals surface area contributed by atoms with Gasteiger partial charge in [0.15, 0.2) is 5.96 Å². The fraction of sp³-hybridized carbons (Fsp3) is 0.345. The maximum absolute atomic E-state index is 6.48. The Morgan fingerprint density at radius 2 is 1.59 bits per heavy atom. The van der Waals surface area contributed by atoms with Crippen LogP contribution in [-0.4, -0.2) is 5.96 Å². The van der Waals surface area contributed by atoms with E-state index in [1.54, 1.807) is 0 Å². The normalized spacial score (nSPS) is 29.8. The van der Waals surface area contributed by atoms with Crippen LogP contribution in [0.2, 0.25) is 0 Å². The molecule has 32 heavy (non-hydrogen) atoms.